The molecule has 112 valence electrons. The molecule has 0 aliphatic carbocycles. The summed E-state index contributed by atoms with van der Waals surface area (Å²) in [5, 5.41) is 3.77. The fourth-order valence-corrected chi connectivity index (χ4v) is 3.81. The van der Waals surface area contributed by atoms with Gasteiger partial charge in [-0.25, -0.2) is 0 Å². The Morgan fingerprint density at radius 1 is 1.20 bits per heavy atom. The Hall–Kier alpha value is -0.540. The summed E-state index contributed by atoms with van der Waals surface area (Å²) in [4.78, 5) is 2.60. The zero-order valence-corrected chi connectivity index (χ0v) is 14.8. The van der Waals surface area contributed by atoms with Gasteiger partial charge in [-0.2, -0.15) is 0 Å². The summed E-state index contributed by atoms with van der Waals surface area (Å²) < 4.78 is 1.17. The third kappa shape index (κ3) is 4.23. The van der Waals surface area contributed by atoms with E-state index in [1.54, 1.807) is 0 Å². The highest BCUT2D eigenvalue weighted by Crippen LogP contribution is 2.27. The van der Waals surface area contributed by atoms with Crippen molar-refractivity contribution in [3.8, 4) is 0 Å². The van der Waals surface area contributed by atoms with Crippen molar-refractivity contribution >= 4 is 21.6 Å². The lowest BCUT2D eigenvalue weighted by Gasteiger charge is -2.34. The van der Waals surface area contributed by atoms with Crippen LogP contribution in [0.15, 0.2) is 16.6 Å². The summed E-state index contributed by atoms with van der Waals surface area (Å²) in [7, 11) is 0. The van der Waals surface area contributed by atoms with E-state index in [0.717, 1.165) is 5.92 Å². The van der Waals surface area contributed by atoms with Gasteiger partial charge in [-0.1, -0.05) is 29.8 Å². The number of nitrogens with zero attached hydrogens (tertiary/aromatic N) is 1. The SMILES string of the molecule is Cc1cc(Br)cc(C)c1NC1CCN(CC(C)C)CC1. The average Bonchev–Trinajstić information content (AvgIpc) is 2.35. The summed E-state index contributed by atoms with van der Waals surface area (Å²) in [5.41, 5.74) is 4.00. The predicted octanol–water partition coefficient (Wildman–Crippen LogP) is 4.60. The molecule has 1 aliphatic rings. The first kappa shape index (κ1) is 15.8. The Balaban J connectivity index is 1.93. The van der Waals surface area contributed by atoms with Crippen LogP contribution in [0.4, 0.5) is 5.69 Å². The fraction of sp³-hybridized carbons (Fsp3) is 0.647. The number of rotatable bonds is 4. The van der Waals surface area contributed by atoms with Gasteiger partial charge in [0.15, 0.2) is 0 Å². The molecule has 0 amide bonds. The predicted molar refractivity (Wildman–Crippen MR) is 91.5 cm³/mol. The van der Waals surface area contributed by atoms with E-state index < -0.39 is 0 Å². The molecule has 2 rings (SSSR count). The Labute approximate surface area is 132 Å². The maximum atomic E-state index is 3.77. The Morgan fingerprint density at radius 2 is 1.75 bits per heavy atom. The standard InChI is InChI=1S/C17H27BrN2/c1-12(2)11-20-7-5-16(6-8-20)19-17-13(3)9-15(18)10-14(17)4/h9-10,12,16,19H,5-8,11H2,1-4H3. The van der Waals surface area contributed by atoms with Crippen LogP contribution in [0.2, 0.25) is 0 Å². The lowest BCUT2D eigenvalue weighted by molar-refractivity contribution is 0.198. The smallest absolute Gasteiger partial charge is 0.0402 e. The molecule has 1 aromatic rings. The van der Waals surface area contributed by atoms with Crippen LogP contribution in [0.3, 0.4) is 0 Å². The van der Waals surface area contributed by atoms with E-state index in [4.69, 9.17) is 0 Å². The number of anilines is 1. The summed E-state index contributed by atoms with van der Waals surface area (Å²) in [5.74, 6) is 0.774. The molecule has 1 aliphatic heterocycles. The van der Waals surface area contributed by atoms with E-state index in [2.05, 4.69) is 66.0 Å². The number of aryl methyl sites for hydroxylation is 2. The van der Waals surface area contributed by atoms with Crippen molar-refractivity contribution in [2.75, 3.05) is 25.0 Å². The fourth-order valence-electron chi connectivity index (χ4n) is 3.12. The van der Waals surface area contributed by atoms with Gasteiger partial charge >= 0.3 is 0 Å². The number of benzene rings is 1. The number of nitrogens with one attached hydrogen (secondary N) is 1. The van der Waals surface area contributed by atoms with Crippen molar-refractivity contribution in [1.82, 2.24) is 4.90 Å². The number of hydrogen-bond acceptors (Lipinski definition) is 2. The average molecular weight is 339 g/mol. The molecule has 1 N–H and O–H groups in total. The molecule has 2 nitrogen and oxygen atoms in total. The van der Waals surface area contributed by atoms with Gasteiger partial charge in [-0.15, -0.1) is 0 Å². The molecule has 1 aromatic carbocycles. The van der Waals surface area contributed by atoms with Gasteiger partial charge in [0.1, 0.15) is 0 Å². The van der Waals surface area contributed by atoms with Crippen LogP contribution < -0.4 is 5.32 Å². The molecule has 1 fully saturated rings. The molecule has 3 heteroatoms. The zero-order chi connectivity index (χ0) is 14.7. The summed E-state index contributed by atoms with van der Waals surface area (Å²) >= 11 is 3.57. The zero-order valence-electron chi connectivity index (χ0n) is 13.2. The second-order valence-electron chi connectivity index (χ2n) is 6.53. The third-order valence-electron chi connectivity index (χ3n) is 4.06. The molecule has 0 radical (unpaired) electrons. The first-order valence-electron chi connectivity index (χ1n) is 7.71. The third-order valence-corrected chi connectivity index (χ3v) is 4.51. The van der Waals surface area contributed by atoms with E-state index in [0.29, 0.717) is 6.04 Å². The molecule has 0 unspecified atom stereocenters. The van der Waals surface area contributed by atoms with E-state index in [9.17, 15) is 0 Å². The first-order chi connectivity index (χ1) is 9.45. The van der Waals surface area contributed by atoms with Gasteiger partial charge in [0, 0.05) is 35.8 Å². The maximum absolute atomic E-state index is 3.77. The number of piperidine rings is 1. The minimum atomic E-state index is 0.622. The molecule has 0 aromatic heterocycles. The Bertz CT molecular complexity index is 425. The lowest BCUT2D eigenvalue weighted by atomic mass is 10.0. The highest BCUT2D eigenvalue weighted by molar-refractivity contribution is 9.10. The quantitative estimate of drug-likeness (QED) is 0.863. The highest BCUT2D eigenvalue weighted by atomic mass is 79.9. The van der Waals surface area contributed by atoms with E-state index in [1.165, 1.54) is 53.8 Å². The molecule has 0 atom stereocenters. The Kier molecular flexibility index (Phi) is 5.50. The normalized spacial score (nSPS) is 17.7. The van der Waals surface area contributed by atoms with Gasteiger partial charge in [0.2, 0.25) is 0 Å². The van der Waals surface area contributed by atoms with E-state index in [-0.39, 0.29) is 0 Å². The van der Waals surface area contributed by atoms with Gasteiger partial charge in [-0.05, 0) is 55.9 Å². The van der Waals surface area contributed by atoms with Crippen molar-refractivity contribution in [2.24, 2.45) is 5.92 Å². The van der Waals surface area contributed by atoms with Crippen LogP contribution in [-0.2, 0) is 0 Å². The van der Waals surface area contributed by atoms with Gasteiger partial charge < -0.3 is 10.2 Å². The van der Waals surface area contributed by atoms with Crippen LogP contribution in [0, 0.1) is 19.8 Å². The first-order valence-corrected chi connectivity index (χ1v) is 8.50. The molecule has 20 heavy (non-hydrogen) atoms. The monoisotopic (exact) mass is 338 g/mol. The minimum absolute atomic E-state index is 0.622. The molecule has 1 saturated heterocycles. The topological polar surface area (TPSA) is 15.3 Å². The molecule has 0 spiro atoms. The van der Waals surface area contributed by atoms with Crippen LogP contribution in [0.25, 0.3) is 0 Å². The highest BCUT2D eigenvalue weighted by Gasteiger charge is 2.20. The Morgan fingerprint density at radius 3 is 2.25 bits per heavy atom. The van der Waals surface area contributed by atoms with Crippen molar-refractivity contribution < 1.29 is 0 Å². The van der Waals surface area contributed by atoms with Gasteiger partial charge in [0.25, 0.3) is 0 Å². The molecule has 0 bridgehead atoms. The van der Waals surface area contributed by atoms with Crippen molar-refractivity contribution in [3.05, 3.63) is 27.7 Å². The van der Waals surface area contributed by atoms with Crippen molar-refractivity contribution in [2.45, 2.75) is 46.6 Å². The summed E-state index contributed by atoms with van der Waals surface area (Å²) in [6.07, 6.45) is 2.50. The lowest BCUT2D eigenvalue weighted by Crippen LogP contribution is -2.40. The van der Waals surface area contributed by atoms with Gasteiger partial charge in [0.05, 0.1) is 0 Å². The van der Waals surface area contributed by atoms with Crippen LogP contribution >= 0.6 is 15.9 Å². The summed E-state index contributed by atoms with van der Waals surface area (Å²) in [6, 6.07) is 5.02. The van der Waals surface area contributed by atoms with Crippen LogP contribution in [-0.4, -0.2) is 30.6 Å². The maximum Gasteiger partial charge on any atom is 0.0402 e. The van der Waals surface area contributed by atoms with Gasteiger partial charge in [-0.3, -0.25) is 0 Å². The number of likely N-dealkylation sites (tertiary alicyclic amines) is 1. The second kappa shape index (κ2) is 6.95. The van der Waals surface area contributed by atoms with E-state index in [1.807, 2.05) is 0 Å². The van der Waals surface area contributed by atoms with Crippen molar-refractivity contribution in [3.63, 3.8) is 0 Å². The summed E-state index contributed by atoms with van der Waals surface area (Å²) in [6.45, 7) is 12.7. The van der Waals surface area contributed by atoms with Crippen LogP contribution in [0.1, 0.15) is 37.8 Å². The molecule has 1 heterocycles. The second-order valence-corrected chi connectivity index (χ2v) is 7.44. The number of hydrogen-bond donors (Lipinski definition) is 1. The van der Waals surface area contributed by atoms with E-state index >= 15 is 0 Å². The van der Waals surface area contributed by atoms with Crippen LogP contribution in [0.5, 0.6) is 0 Å². The molecule has 0 saturated carbocycles. The number of halogens is 1. The van der Waals surface area contributed by atoms with Crippen molar-refractivity contribution in [1.29, 1.82) is 0 Å². The molecular weight excluding hydrogens is 312 g/mol. The molecular formula is C17H27BrN2. The largest absolute Gasteiger partial charge is 0.382 e. The minimum Gasteiger partial charge on any atom is -0.382 e.